The second kappa shape index (κ2) is 8.29. The monoisotopic (exact) mass is 392 g/mol. The van der Waals surface area contributed by atoms with Crippen LogP contribution in [-0.4, -0.2) is 50.4 Å². The Bertz CT molecular complexity index is 1010. The van der Waals surface area contributed by atoms with Gasteiger partial charge in [-0.05, 0) is 42.8 Å². The smallest absolute Gasteiger partial charge is 0.229 e. The Morgan fingerprint density at radius 3 is 2.90 bits per heavy atom. The summed E-state index contributed by atoms with van der Waals surface area (Å²) in [5.41, 5.74) is 1.81. The van der Waals surface area contributed by atoms with E-state index in [2.05, 4.69) is 45.4 Å². The molecule has 1 atom stereocenters. The molecule has 1 amide bonds. The predicted molar refractivity (Wildman–Crippen MR) is 114 cm³/mol. The molecule has 0 spiro atoms. The summed E-state index contributed by atoms with van der Waals surface area (Å²) < 4.78 is 1.68. The molecule has 0 radical (unpaired) electrons. The molecule has 1 fully saturated rings. The average Bonchev–Trinajstić information content (AvgIpc) is 3.13. The second-order valence-electron chi connectivity index (χ2n) is 8.39. The van der Waals surface area contributed by atoms with Crippen LogP contribution in [0.25, 0.3) is 22.0 Å². The van der Waals surface area contributed by atoms with Gasteiger partial charge in [0.25, 0.3) is 0 Å². The summed E-state index contributed by atoms with van der Waals surface area (Å²) in [6, 6.07) is 8.02. The van der Waals surface area contributed by atoms with Crippen molar-refractivity contribution in [3.8, 4) is 11.3 Å². The third kappa shape index (κ3) is 4.62. The van der Waals surface area contributed by atoms with E-state index in [-0.39, 0.29) is 11.8 Å². The molecule has 29 heavy (non-hydrogen) atoms. The highest BCUT2D eigenvalue weighted by atomic mass is 16.2. The lowest BCUT2D eigenvalue weighted by atomic mass is 9.96. The number of nitrogens with zero attached hydrogens (tertiary/aromatic N) is 5. The molecule has 1 N–H and O–H groups in total. The molecule has 3 aromatic rings. The largest absolute Gasteiger partial charge is 0.310 e. The number of amides is 1. The maximum Gasteiger partial charge on any atom is 0.229 e. The zero-order valence-electron chi connectivity index (χ0n) is 17.3. The number of rotatable bonds is 5. The first-order valence-electron chi connectivity index (χ1n) is 10.3. The number of anilines is 1. The van der Waals surface area contributed by atoms with Crippen LogP contribution in [0.3, 0.4) is 0 Å². The Balaban J connectivity index is 1.49. The summed E-state index contributed by atoms with van der Waals surface area (Å²) in [7, 11) is 1.85. The van der Waals surface area contributed by atoms with Crippen molar-refractivity contribution in [3.63, 3.8) is 0 Å². The van der Waals surface area contributed by atoms with Gasteiger partial charge in [0.15, 0.2) is 0 Å². The molecule has 0 aliphatic carbocycles. The summed E-state index contributed by atoms with van der Waals surface area (Å²) in [6.07, 6.45) is 5.69. The molecule has 1 saturated heterocycles. The van der Waals surface area contributed by atoms with Crippen LogP contribution in [-0.2, 0) is 11.8 Å². The van der Waals surface area contributed by atoms with E-state index < -0.39 is 0 Å². The Kier molecular flexibility index (Phi) is 5.58. The molecule has 2 aromatic heterocycles. The van der Waals surface area contributed by atoms with Gasteiger partial charge in [-0.2, -0.15) is 0 Å². The molecule has 152 valence electrons. The minimum Gasteiger partial charge on any atom is -0.310 e. The van der Waals surface area contributed by atoms with E-state index in [0.717, 1.165) is 54.5 Å². The lowest BCUT2D eigenvalue weighted by Crippen LogP contribution is -2.42. The molecular weight excluding hydrogens is 364 g/mol. The number of aryl methyl sites for hydroxylation is 1. The van der Waals surface area contributed by atoms with Gasteiger partial charge in [0.05, 0.1) is 12.1 Å². The quantitative estimate of drug-likeness (QED) is 0.721. The van der Waals surface area contributed by atoms with Gasteiger partial charge < -0.3 is 10.2 Å². The van der Waals surface area contributed by atoms with Crippen LogP contribution in [0.2, 0.25) is 0 Å². The molecule has 0 unspecified atom stereocenters. The number of fused-ring (bicyclic) bond motifs is 1. The summed E-state index contributed by atoms with van der Waals surface area (Å²) >= 11 is 0. The van der Waals surface area contributed by atoms with E-state index in [4.69, 9.17) is 0 Å². The van der Waals surface area contributed by atoms with Gasteiger partial charge in [0, 0.05) is 37.3 Å². The van der Waals surface area contributed by atoms with Crippen LogP contribution in [0.15, 0.2) is 36.7 Å². The van der Waals surface area contributed by atoms with Gasteiger partial charge >= 0.3 is 0 Å². The van der Waals surface area contributed by atoms with Crippen molar-refractivity contribution in [2.45, 2.75) is 26.7 Å². The van der Waals surface area contributed by atoms with Crippen LogP contribution in [0.4, 0.5) is 5.82 Å². The fraction of sp³-hybridized carbons (Fsp3) is 0.455. The van der Waals surface area contributed by atoms with E-state index >= 15 is 0 Å². The number of carbonyl (C=O) groups is 1. The molecule has 0 saturated carbocycles. The molecule has 1 aliphatic rings. The summed E-state index contributed by atoms with van der Waals surface area (Å²) in [5.74, 6) is 1.29. The number of aromatic nitrogens is 4. The lowest BCUT2D eigenvalue weighted by Gasteiger charge is -2.32. The zero-order chi connectivity index (χ0) is 20.4. The van der Waals surface area contributed by atoms with Crippen molar-refractivity contribution >= 4 is 22.5 Å². The summed E-state index contributed by atoms with van der Waals surface area (Å²) in [5, 5.41) is 13.2. The number of benzene rings is 1. The summed E-state index contributed by atoms with van der Waals surface area (Å²) in [6.45, 7) is 7.40. The fourth-order valence-corrected chi connectivity index (χ4v) is 4.03. The maximum atomic E-state index is 12.8. The molecule has 4 rings (SSSR count). The first-order chi connectivity index (χ1) is 14.0. The van der Waals surface area contributed by atoms with Crippen LogP contribution in [0.1, 0.15) is 26.7 Å². The predicted octanol–water partition coefficient (Wildman–Crippen LogP) is 3.34. The molecular formula is C22H28N6O. The van der Waals surface area contributed by atoms with Crippen molar-refractivity contribution in [3.05, 3.63) is 36.7 Å². The minimum atomic E-state index is 0.0194. The topological polar surface area (TPSA) is 75.9 Å². The zero-order valence-corrected chi connectivity index (χ0v) is 17.3. The van der Waals surface area contributed by atoms with Gasteiger partial charge in [-0.3, -0.25) is 9.48 Å². The average molecular weight is 393 g/mol. The first-order valence-corrected chi connectivity index (χ1v) is 10.3. The Hall–Kier alpha value is -2.80. The van der Waals surface area contributed by atoms with E-state index in [0.29, 0.717) is 11.7 Å². The van der Waals surface area contributed by atoms with Crippen molar-refractivity contribution in [1.82, 2.24) is 24.9 Å². The highest BCUT2D eigenvalue weighted by Crippen LogP contribution is 2.25. The minimum absolute atomic E-state index is 0.0194. The van der Waals surface area contributed by atoms with Gasteiger partial charge in [0.2, 0.25) is 5.91 Å². The van der Waals surface area contributed by atoms with Crippen LogP contribution >= 0.6 is 0 Å². The van der Waals surface area contributed by atoms with Crippen molar-refractivity contribution in [2.75, 3.05) is 25.0 Å². The second-order valence-corrected chi connectivity index (χ2v) is 8.39. The highest BCUT2D eigenvalue weighted by molar-refractivity contribution is 5.95. The van der Waals surface area contributed by atoms with E-state index in [1.165, 1.54) is 0 Å². The van der Waals surface area contributed by atoms with E-state index in [9.17, 15) is 4.79 Å². The number of hydrogen-bond donors (Lipinski definition) is 1. The van der Waals surface area contributed by atoms with Gasteiger partial charge in [-0.25, -0.2) is 4.98 Å². The SMILES string of the molecule is CC(C)CN1CCC[C@@H](C(=O)Nc2cc3cc(-c4cn(C)nn4)ccc3cn2)C1. The number of pyridine rings is 1. The highest BCUT2D eigenvalue weighted by Gasteiger charge is 2.26. The molecule has 7 heteroatoms. The van der Waals surface area contributed by atoms with Crippen LogP contribution in [0.5, 0.6) is 0 Å². The van der Waals surface area contributed by atoms with Crippen LogP contribution in [0, 0.1) is 11.8 Å². The van der Waals surface area contributed by atoms with Crippen molar-refractivity contribution in [1.29, 1.82) is 0 Å². The van der Waals surface area contributed by atoms with Crippen LogP contribution < -0.4 is 5.32 Å². The Morgan fingerprint density at radius 2 is 2.14 bits per heavy atom. The Morgan fingerprint density at radius 1 is 1.28 bits per heavy atom. The number of carbonyl (C=O) groups excluding carboxylic acids is 1. The first kappa shape index (κ1) is 19.5. The number of likely N-dealkylation sites (tertiary alicyclic amines) is 1. The molecule has 3 heterocycles. The molecule has 0 bridgehead atoms. The van der Waals surface area contributed by atoms with Gasteiger partial charge in [-0.1, -0.05) is 31.2 Å². The van der Waals surface area contributed by atoms with E-state index in [1.807, 2.05) is 31.4 Å². The number of hydrogen-bond acceptors (Lipinski definition) is 5. The third-order valence-electron chi connectivity index (χ3n) is 5.37. The maximum absolute atomic E-state index is 12.8. The molecule has 1 aliphatic heterocycles. The normalized spacial score (nSPS) is 17.7. The number of nitrogens with one attached hydrogen (secondary N) is 1. The molecule has 7 nitrogen and oxygen atoms in total. The summed E-state index contributed by atoms with van der Waals surface area (Å²) in [4.78, 5) is 19.7. The van der Waals surface area contributed by atoms with Gasteiger partial charge in [-0.15, -0.1) is 5.10 Å². The van der Waals surface area contributed by atoms with Crippen molar-refractivity contribution in [2.24, 2.45) is 18.9 Å². The third-order valence-corrected chi connectivity index (χ3v) is 5.37. The van der Waals surface area contributed by atoms with Gasteiger partial charge in [0.1, 0.15) is 11.5 Å². The Labute approximate surface area is 171 Å². The lowest BCUT2D eigenvalue weighted by molar-refractivity contribution is -0.121. The molecule has 1 aromatic carbocycles. The number of piperidine rings is 1. The van der Waals surface area contributed by atoms with E-state index in [1.54, 1.807) is 10.9 Å². The standard InChI is InChI=1S/C22H28N6O/c1-15(2)12-28-8-4-5-18(13-28)22(29)24-21-10-19-9-16(6-7-17(19)11-23-21)20-14-27(3)26-25-20/h6-7,9-11,14-15,18H,4-5,8,12-13H2,1-3H3,(H,23,24,29)/t18-/m1/s1. The van der Waals surface area contributed by atoms with Crippen molar-refractivity contribution < 1.29 is 4.79 Å². The fourth-order valence-electron chi connectivity index (χ4n) is 4.03.